The van der Waals surface area contributed by atoms with Crippen molar-refractivity contribution in [1.82, 2.24) is 5.32 Å². The van der Waals surface area contributed by atoms with Crippen LogP contribution in [0.15, 0.2) is 24.3 Å². The minimum Gasteiger partial charge on any atom is -0.388 e. The van der Waals surface area contributed by atoms with Crippen molar-refractivity contribution in [3.05, 3.63) is 35.4 Å². The van der Waals surface area contributed by atoms with Crippen LogP contribution >= 0.6 is 0 Å². The maximum absolute atomic E-state index is 11.4. The Balaban J connectivity index is 2.31. The number of aryl methyl sites for hydroxylation is 1. The molecule has 0 saturated carbocycles. The second kappa shape index (κ2) is 7.17. The van der Waals surface area contributed by atoms with E-state index < -0.39 is 6.10 Å². The molecule has 3 heteroatoms. The van der Waals surface area contributed by atoms with E-state index in [4.69, 9.17) is 0 Å². The Morgan fingerprint density at radius 3 is 2.44 bits per heavy atom. The van der Waals surface area contributed by atoms with Crippen LogP contribution in [0.3, 0.4) is 0 Å². The van der Waals surface area contributed by atoms with Crippen molar-refractivity contribution < 1.29 is 9.90 Å². The molecule has 0 spiro atoms. The van der Waals surface area contributed by atoms with Crippen LogP contribution in [0.5, 0.6) is 0 Å². The van der Waals surface area contributed by atoms with Gasteiger partial charge in [-0.25, -0.2) is 0 Å². The van der Waals surface area contributed by atoms with Crippen molar-refractivity contribution in [2.24, 2.45) is 0 Å². The standard InChI is InChI=1S/C15H23NO2/c1-11(2)16-15(18)6-4-5-14(17)13-9-7-12(3)8-10-13/h7-11,14,17H,4-6H2,1-3H3,(H,16,18). The van der Waals surface area contributed by atoms with E-state index in [2.05, 4.69) is 5.32 Å². The zero-order valence-corrected chi connectivity index (χ0v) is 11.4. The Bertz CT molecular complexity index is 371. The van der Waals surface area contributed by atoms with E-state index in [0.29, 0.717) is 19.3 Å². The summed E-state index contributed by atoms with van der Waals surface area (Å²) in [7, 11) is 0. The van der Waals surface area contributed by atoms with Gasteiger partial charge in [-0.1, -0.05) is 29.8 Å². The van der Waals surface area contributed by atoms with E-state index in [1.165, 1.54) is 5.56 Å². The first kappa shape index (κ1) is 14.7. The minimum absolute atomic E-state index is 0.0566. The summed E-state index contributed by atoms with van der Waals surface area (Å²) in [6.07, 6.45) is 1.32. The summed E-state index contributed by atoms with van der Waals surface area (Å²) < 4.78 is 0. The highest BCUT2D eigenvalue weighted by molar-refractivity contribution is 5.76. The molecule has 1 aromatic rings. The number of benzene rings is 1. The number of hydrogen-bond acceptors (Lipinski definition) is 2. The summed E-state index contributed by atoms with van der Waals surface area (Å²) in [5, 5.41) is 12.8. The van der Waals surface area contributed by atoms with Gasteiger partial charge < -0.3 is 10.4 Å². The number of hydrogen-bond donors (Lipinski definition) is 2. The number of carbonyl (C=O) groups excluding carboxylic acids is 1. The summed E-state index contributed by atoms with van der Waals surface area (Å²) in [6, 6.07) is 8.04. The molecule has 1 amide bonds. The van der Waals surface area contributed by atoms with Gasteiger partial charge in [0.15, 0.2) is 0 Å². The Labute approximate surface area is 109 Å². The van der Waals surface area contributed by atoms with E-state index in [9.17, 15) is 9.90 Å². The molecule has 0 aromatic heterocycles. The van der Waals surface area contributed by atoms with Crippen LogP contribution in [0.25, 0.3) is 0 Å². The number of rotatable bonds is 6. The van der Waals surface area contributed by atoms with Crippen molar-refractivity contribution >= 4 is 5.91 Å². The predicted molar refractivity (Wildman–Crippen MR) is 73.3 cm³/mol. The van der Waals surface area contributed by atoms with Crippen molar-refractivity contribution in [2.45, 2.75) is 52.2 Å². The molecule has 0 fully saturated rings. The molecule has 100 valence electrons. The van der Waals surface area contributed by atoms with Gasteiger partial charge in [-0.05, 0) is 39.2 Å². The zero-order chi connectivity index (χ0) is 13.5. The van der Waals surface area contributed by atoms with Crippen molar-refractivity contribution in [3.8, 4) is 0 Å². The largest absolute Gasteiger partial charge is 0.388 e. The molecule has 1 unspecified atom stereocenters. The van der Waals surface area contributed by atoms with E-state index in [0.717, 1.165) is 5.56 Å². The molecule has 0 saturated heterocycles. The number of carbonyl (C=O) groups is 1. The Morgan fingerprint density at radius 1 is 1.28 bits per heavy atom. The van der Waals surface area contributed by atoms with Gasteiger partial charge in [0.2, 0.25) is 5.91 Å². The van der Waals surface area contributed by atoms with Gasteiger partial charge in [-0.2, -0.15) is 0 Å². The Morgan fingerprint density at radius 2 is 1.89 bits per heavy atom. The number of aliphatic hydroxyl groups is 1. The normalized spacial score (nSPS) is 12.5. The highest BCUT2D eigenvalue weighted by Gasteiger charge is 2.09. The van der Waals surface area contributed by atoms with E-state index in [1.54, 1.807) is 0 Å². The maximum Gasteiger partial charge on any atom is 0.220 e. The van der Waals surface area contributed by atoms with Gasteiger partial charge in [-0.3, -0.25) is 4.79 Å². The third-order valence-electron chi connectivity index (χ3n) is 2.79. The second-order valence-electron chi connectivity index (χ2n) is 5.04. The highest BCUT2D eigenvalue weighted by atomic mass is 16.3. The lowest BCUT2D eigenvalue weighted by molar-refractivity contribution is -0.121. The lowest BCUT2D eigenvalue weighted by Crippen LogP contribution is -2.29. The number of aliphatic hydroxyl groups excluding tert-OH is 1. The molecule has 0 aliphatic rings. The van der Waals surface area contributed by atoms with E-state index in [1.807, 2.05) is 45.0 Å². The molecule has 2 N–H and O–H groups in total. The molecule has 0 aliphatic carbocycles. The first-order chi connectivity index (χ1) is 8.49. The fourth-order valence-corrected chi connectivity index (χ4v) is 1.81. The maximum atomic E-state index is 11.4. The summed E-state index contributed by atoms with van der Waals surface area (Å²) in [5.41, 5.74) is 2.10. The molecule has 1 rings (SSSR count). The zero-order valence-electron chi connectivity index (χ0n) is 11.4. The molecule has 0 aliphatic heterocycles. The van der Waals surface area contributed by atoms with Crippen LogP contribution in [-0.2, 0) is 4.79 Å². The average molecular weight is 249 g/mol. The van der Waals surface area contributed by atoms with Gasteiger partial charge in [0.05, 0.1) is 6.10 Å². The summed E-state index contributed by atoms with van der Waals surface area (Å²) in [6.45, 7) is 5.91. The van der Waals surface area contributed by atoms with Crippen LogP contribution in [0.2, 0.25) is 0 Å². The lowest BCUT2D eigenvalue weighted by Gasteiger charge is -2.12. The third-order valence-corrected chi connectivity index (χ3v) is 2.79. The third kappa shape index (κ3) is 5.32. The predicted octanol–water partition coefficient (Wildman–Crippen LogP) is 2.72. The van der Waals surface area contributed by atoms with Crippen molar-refractivity contribution in [1.29, 1.82) is 0 Å². The number of amides is 1. The monoisotopic (exact) mass is 249 g/mol. The van der Waals surface area contributed by atoms with Crippen molar-refractivity contribution in [2.75, 3.05) is 0 Å². The molecule has 1 atom stereocenters. The van der Waals surface area contributed by atoms with Crippen LogP contribution < -0.4 is 5.32 Å². The number of nitrogens with one attached hydrogen (secondary N) is 1. The smallest absolute Gasteiger partial charge is 0.220 e. The average Bonchev–Trinajstić information content (AvgIpc) is 2.28. The summed E-state index contributed by atoms with van der Waals surface area (Å²) in [5.74, 6) is 0.0566. The molecular weight excluding hydrogens is 226 g/mol. The van der Waals surface area contributed by atoms with Gasteiger partial charge in [0.25, 0.3) is 0 Å². The van der Waals surface area contributed by atoms with Crippen molar-refractivity contribution in [3.63, 3.8) is 0 Å². The summed E-state index contributed by atoms with van der Waals surface area (Å²) in [4.78, 5) is 11.4. The van der Waals surface area contributed by atoms with Gasteiger partial charge >= 0.3 is 0 Å². The lowest BCUT2D eigenvalue weighted by atomic mass is 10.0. The van der Waals surface area contributed by atoms with Crippen LogP contribution in [0.4, 0.5) is 0 Å². The SMILES string of the molecule is Cc1ccc(C(O)CCCC(=O)NC(C)C)cc1. The molecule has 0 bridgehead atoms. The highest BCUT2D eigenvalue weighted by Crippen LogP contribution is 2.19. The fraction of sp³-hybridized carbons (Fsp3) is 0.533. The van der Waals surface area contributed by atoms with Gasteiger partial charge in [0, 0.05) is 12.5 Å². The van der Waals surface area contributed by atoms with Crippen LogP contribution in [0.1, 0.15) is 50.3 Å². The second-order valence-corrected chi connectivity index (χ2v) is 5.04. The quantitative estimate of drug-likeness (QED) is 0.814. The van der Waals surface area contributed by atoms with Crippen LogP contribution in [0, 0.1) is 6.92 Å². The minimum atomic E-state index is -0.475. The Kier molecular flexibility index (Phi) is 5.86. The molecule has 1 aromatic carbocycles. The van der Waals surface area contributed by atoms with Gasteiger partial charge in [-0.15, -0.1) is 0 Å². The molecule has 18 heavy (non-hydrogen) atoms. The first-order valence-electron chi connectivity index (χ1n) is 6.53. The molecule has 0 heterocycles. The fourth-order valence-electron chi connectivity index (χ4n) is 1.81. The molecule has 3 nitrogen and oxygen atoms in total. The topological polar surface area (TPSA) is 49.3 Å². The first-order valence-corrected chi connectivity index (χ1v) is 6.53. The molecule has 0 radical (unpaired) electrons. The summed E-state index contributed by atoms with van der Waals surface area (Å²) >= 11 is 0. The van der Waals surface area contributed by atoms with E-state index in [-0.39, 0.29) is 11.9 Å². The van der Waals surface area contributed by atoms with Crippen LogP contribution in [-0.4, -0.2) is 17.1 Å². The van der Waals surface area contributed by atoms with E-state index >= 15 is 0 Å². The van der Waals surface area contributed by atoms with Gasteiger partial charge in [0.1, 0.15) is 0 Å². The molecular formula is C15H23NO2. The Hall–Kier alpha value is -1.35.